The molecule has 0 amide bonds. The first-order valence-electron chi connectivity index (χ1n) is 6.74. The van der Waals surface area contributed by atoms with E-state index in [0.717, 1.165) is 19.6 Å². The van der Waals surface area contributed by atoms with Crippen LogP contribution in [0.2, 0.25) is 0 Å². The summed E-state index contributed by atoms with van der Waals surface area (Å²) in [5, 5.41) is 3.64. The highest BCUT2D eigenvalue weighted by Gasteiger charge is 2.16. The van der Waals surface area contributed by atoms with Crippen molar-refractivity contribution in [1.29, 1.82) is 0 Å². The summed E-state index contributed by atoms with van der Waals surface area (Å²) >= 11 is 0. The zero-order valence-corrected chi connectivity index (χ0v) is 10.7. The number of rotatable bonds is 4. The Balaban J connectivity index is 1.90. The van der Waals surface area contributed by atoms with Crippen LogP contribution in [0.1, 0.15) is 31.9 Å². The average Bonchev–Trinajstić information content (AvgIpc) is 2.56. The summed E-state index contributed by atoms with van der Waals surface area (Å²) in [4.78, 5) is 6.94. The fourth-order valence-corrected chi connectivity index (χ4v) is 2.48. The van der Waals surface area contributed by atoms with E-state index < -0.39 is 0 Å². The van der Waals surface area contributed by atoms with E-state index in [2.05, 4.69) is 34.3 Å². The van der Waals surface area contributed by atoms with E-state index in [1.165, 1.54) is 31.5 Å². The van der Waals surface area contributed by atoms with Gasteiger partial charge in [-0.25, -0.2) is 0 Å². The minimum absolute atomic E-state index is 0.659. The topological polar surface area (TPSA) is 28.2 Å². The number of nitrogens with zero attached hydrogens (tertiary/aromatic N) is 2. The second-order valence-corrected chi connectivity index (χ2v) is 4.85. The molecule has 3 nitrogen and oxygen atoms in total. The van der Waals surface area contributed by atoms with Gasteiger partial charge in [-0.05, 0) is 38.1 Å². The van der Waals surface area contributed by atoms with Gasteiger partial charge in [0.25, 0.3) is 0 Å². The fourth-order valence-electron chi connectivity index (χ4n) is 2.48. The Kier molecular flexibility index (Phi) is 4.95. The van der Waals surface area contributed by atoms with E-state index in [9.17, 15) is 0 Å². The highest BCUT2D eigenvalue weighted by Crippen LogP contribution is 2.09. The molecule has 3 heteroatoms. The molecule has 1 N–H and O–H groups in total. The smallest absolute Gasteiger partial charge is 0.0543 e. The van der Waals surface area contributed by atoms with E-state index in [1.54, 1.807) is 0 Å². The third-order valence-corrected chi connectivity index (χ3v) is 3.31. The number of nitrogens with one attached hydrogen (secondary N) is 1. The molecule has 1 aromatic rings. The third kappa shape index (κ3) is 4.10. The summed E-state index contributed by atoms with van der Waals surface area (Å²) in [5.41, 5.74) is 1.18. The molecule has 1 saturated heterocycles. The lowest BCUT2D eigenvalue weighted by atomic mass is 10.1. The van der Waals surface area contributed by atoms with Gasteiger partial charge in [-0.3, -0.25) is 9.88 Å². The number of aromatic nitrogens is 1. The molecule has 0 saturated carbocycles. The molecule has 1 fully saturated rings. The summed E-state index contributed by atoms with van der Waals surface area (Å²) < 4.78 is 0. The summed E-state index contributed by atoms with van der Waals surface area (Å²) in [6.45, 7) is 6.75. The molecule has 0 aliphatic carbocycles. The molecule has 2 rings (SSSR count). The second-order valence-electron chi connectivity index (χ2n) is 4.85. The van der Waals surface area contributed by atoms with Gasteiger partial charge in [-0.1, -0.05) is 19.4 Å². The highest BCUT2D eigenvalue weighted by atomic mass is 15.2. The van der Waals surface area contributed by atoms with Gasteiger partial charge in [-0.15, -0.1) is 0 Å². The Bertz CT molecular complexity index is 313. The molecule has 0 bridgehead atoms. The van der Waals surface area contributed by atoms with Crippen LogP contribution in [0.5, 0.6) is 0 Å². The SMILES string of the molecule is CCCC1CN(Cc2ccccn2)CCCN1. The van der Waals surface area contributed by atoms with Crippen molar-refractivity contribution in [3.8, 4) is 0 Å². The maximum Gasteiger partial charge on any atom is 0.0543 e. The largest absolute Gasteiger partial charge is 0.313 e. The van der Waals surface area contributed by atoms with Crippen molar-refractivity contribution < 1.29 is 0 Å². The summed E-state index contributed by atoms with van der Waals surface area (Å²) in [6, 6.07) is 6.83. The van der Waals surface area contributed by atoms with Gasteiger partial charge in [0, 0.05) is 25.3 Å². The molecule has 17 heavy (non-hydrogen) atoms. The van der Waals surface area contributed by atoms with Gasteiger partial charge in [0.15, 0.2) is 0 Å². The van der Waals surface area contributed by atoms with Gasteiger partial charge in [0.1, 0.15) is 0 Å². The lowest BCUT2D eigenvalue weighted by molar-refractivity contribution is 0.252. The molecule has 1 aliphatic rings. The van der Waals surface area contributed by atoms with Crippen molar-refractivity contribution in [2.75, 3.05) is 19.6 Å². The first-order valence-corrected chi connectivity index (χ1v) is 6.74. The van der Waals surface area contributed by atoms with Crippen LogP contribution in [0.25, 0.3) is 0 Å². The molecule has 94 valence electrons. The van der Waals surface area contributed by atoms with Crippen molar-refractivity contribution in [3.63, 3.8) is 0 Å². The highest BCUT2D eigenvalue weighted by molar-refractivity contribution is 5.03. The molecular weight excluding hydrogens is 210 g/mol. The second kappa shape index (κ2) is 6.72. The fraction of sp³-hybridized carbons (Fsp3) is 0.643. The maximum atomic E-state index is 4.41. The molecule has 0 spiro atoms. The summed E-state index contributed by atoms with van der Waals surface area (Å²) in [7, 11) is 0. The van der Waals surface area contributed by atoms with Gasteiger partial charge < -0.3 is 5.32 Å². The van der Waals surface area contributed by atoms with Gasteiger partial charge in [0.05, 0.1) is 5.69 Å². The van der Waals surface area contributed by atoms with E-state index in [4.69, 9.17) is 0 Å². The van der Waals surface area contributed by atoms with Crippen molar-refractivity contribution in [2.45, 2.75) is 38.8 Å². The Morgan fingerprint density at radius 2 is 2.41 bits per heavy atom. The molecule has 1 unspecified atom stereocenters. The standard InChI is InChI=1S/C14H23N3/c1-2-6-13-11-17(10-5-9-16-13)12-14-7-3-4-8-15-14/h3-4,7-8,13,16H,2,5-6,9-12H2,1H3. The van der Waals surface area contributed by atoms with Crippen LogP contribution < -0.4 is 5.32 Å². The van der Waals surface area contributed by atoms with Crippen molar-refractivity contribution in [1.82, 2.24) is 15.2 Å². The lowest BCUT2D eigenvalue weighted by Gasteiger charge is -2.23. The third-order valence-electron chi connectivity index (χ3n) is 3.31. The maximum absolute atomic E-state index is 4.41. The van der Waals surface area contributed by atoms with E-state index in [-0.39, 0.29) is 0 Å². The number of hydrogen-bond donors (Lipinski definition) is 1. The van der Waals surface area contributed by atoms with Gasteiger partial charge >= 0.3 is 0 Å². The number of pyridine rings is 1. The van der Waals surface area contributed by atoms with Crippen LogP contribution in [-0.4, -0.2) is 35.6 Å². The molecule has 0 radical (unpaired) electrons. The summed E-state index contributed by atoms with van der Waals surface area (Å²) in [6.07, 6.45) is 5.66. The van der Waals surface area contributed by atoms with Crippen LogP contribution in [0, 0.1) is 0 Å². The Morgan fingerprint density at radius 3 is 3.18 bits per heavy atom. The number of hydrogen-bond acceptors (Lipinski definition) is 3. The molecular formula is C14H23N3. The van der Waals surface area contributed by atoms with Crippen LogP contribution in [0.3, 0.4) is 0 Å². The van der Waals surface area contributed by atoms with Crippen molar-refractivity contribution in [3.05, 3.63) is 30.1 Å². The normalized spacial score (nSPS) is 22.3. The van der Waals surface area contributed by atoms with E-state index in [1.807, 2.05) is 12.3 Å². The average molecular weight is 233 g/mol. The predicted octanol–water partition coefficient (Wildman–Crippen LogP) is 2.05. The molecule has 0 aromatic carbocycles. The quantitative estimate of drug-likeness (QED) is 0.862. The van der Waals surface area contributed by atoms with Crippen LogP contribution in [0.15, 0.2) is 24.4 Å². The minimum Gasteiger partial charge on any atom is -0.313 e. The van der Waals surface area contributed by atoms with Crippen molar-refractivity contribution >= 4 is 0 Å². The minimum atomic E-state index is 0.659. The van der Waals surface area contributed by atoms with E-state index >= 15 is 0 Å². The zero-order valence-electron chi connectivity index (χ0n) is 10.7. The Labute approximate surface area is 104 Å². The van der Waals surface area contributed by atoms with E-state index in [0.29, 0.717) is 6.04 Å². The Hall–Kier alpha value is -0.930. The first kappa shape index (κ1) is 12.5. The monoisotopic (exact) mass is 233 g/mol. The van der Waals surface area contributed by atoms with Crippen molar-refractivity contribution in [2.24, 2.45) is 0 Å². The van der Waals surface area contributed by atoms with Gasteiger partial charge in [-0.2, -0.15) is 0 Å². The molecule has 1 aliphatic heterocycles. The lowest BCUT2D eigenvalue weighted by Crippen LogP contribution is -2.37. The van der Waals surface area contributed by atoms with Gasteiger partial charge in [0.2, 0.25) is 0 Å². The molecule has 2 heterocycles. The predicted molar refractivity (Wildman–Crippen MR) is 70.8 cm³/mol. The molecule has 1 aromatic heterocycles. The van der Waals surface area contributed by atoms with Crippen LogP contribution in [0.4, 0.5) is 0 Å². The van der Waals surface area contributed by atoms with Crippen LogP contribution in [-0.2, 0) is 6.54 Å². The van der Waals surface area contributed by atoms with Crippen LogP contribution >= 0.6 is 0 Å². The zero-order chi connectivity index (χ0) is 11.9. The first-order chi connectivity index (χ1) is 8.38. The summed E-state index contributed by atoms with van der Waals surface area (Å²) in [5.74, 6) is 0. The molecule has 1 atom stereocenters. The Morgan fingerprint density at radius 1 is 1.47 bits per heavy atom.